The van der Waals surface area contributed by atoms with Crippen LogP contribution in [-0.2, 0) is 13.1 Å². The van der Waals surface area contributed by atoms with Crippen molar-refractivity contribution in [3.63, 3.8) is 0 Å². The molecule has 1 amide bonds. The molecule has 1 heterocycles. The van der Waals surface area contributed by atoms with Crippen molar-refractivity contribution in [3.8, 4) is 16.9 Å². The number of hydrogen-bond donors (Lipinski definition) is 1. The highest BCUT2D eigenvalue weighted by molar-refractivity contribution is 5.98. The molecule has 0 radical (unpaired) electrons. The Morgan fingerprint density at radius 1 is 1.07 bits per heavy atom. The first kappa shape index (κ1) is 19.6. The summed E-state index contributed by atoms with van der Waals surface area (Å²) in [4.78, 5) is 19.3. The average Bonchev–Trinajstić information content (AvgIpc) is 2.72. The van der Waals surface area contributed by atoms with Crippen LogP contribution in [0.3, 0.4) is 0 Å². The summed E-state index contributed by atoms with van der Waals surface area (Å²) in [5.74, 6) is 0.542. The number of nitrogens with one attached hydrogen (secondary N) is 1. The van der Waals surface area contributed by atoms with E-state index in [0.717, 1.165) is 29.0 Å². The summed E-state index contributed by atoms with van der Waals surface area (Å²) >= 11 is 0. The van der Waals surface area contributed by atoms with E-state index in [9.17, 15) is 4.79 Å². The van der Waals surface area contributed by atoms with Crippen molar-refractivity contribution in [1.29, 1.82) is 0 Å². The topological polar surface area (TPSA) is 54.5 Å². The fourth-order valence-corrected chi connectivity index (χ4v) is 3.13. The number of ether oxygens (including phenoxy) is 1. The third-order valence-electron chi connectivity index (χ3n) is 4.39. The molecule has 28 heavy (non-hydrogen) atoms. The maximum atomic E-state index is 12.9. The number of carbonyl (C=O) groups excluding carboxylic acids is 1. The van der Waals surface area contributed by atoms with Gasteiger partial charge < -0.3 is 15.0 Å². The SMILES string of the molecule is COc1ccccc1CNC(=O)c1ncccc1-c1cccc(CN(C)C)c1. The van der Waals surface area contributed by atoms with Gasteiger partial charge in [-0.3, -0.25) is 9.78 Å². The molecule has 144 valence electrons. The number of carbonyl (C=O) groups is 1. The number of nitrogens with zero attached hydrogens (tertiary/aromatic N) is 2. The van der Waals surface area contributed by atoms with Crippen LogP contribution in [0.1, 0.15) is 21.6 Å². The molecule has 0 aliphatic carbocycles. The number of hydrogen-bond acceptors (Lipinski definition) is 4. The summed E-state index contributed by atoms with van der Waals surface area (Å²) in [6.07, 6.45) is 1.64. The highest BCUT2D eigenvalue weighted by Gasteiger charge is 2.15. The van der Waals surface area contributed by atoms with Gasteiger partial charge in [-0.05, 0) is 43.4 Å². The number of aromatic nitrogens is 1. The third-order valence-corrected chi connectivity index (χ3v) is 4.39. The monoisotopic (exact) mass is 375 g/mol. The van der Waals surface area contributed by atoms with Crippen molar-refractivity contribution in [2.45, 2.75) is 13.1 Å². The molecule has 1 aromatic heterocycles. The zero-order chi connectivity index (χ0) is 19.9. The first-order valence-corrected chi connectivity index (χ1v) is 9.17. The predicted octanol–water partition coefficient (Wildman–Crippen LogP) is 3.75. The van der Waals surface area contributed by atoms with Gasteiger partial charge >= 0.3 is 0 Å². The van der Waals surface area contributed by atoms with Gasteiger partial charge in [-0.1, -0.05) is 42.5 Å². The molecule has 0 aliphatic heterocycles. The predicted molar refractivity (Wildman–Crippen MR) is 111 cm³/mol. The lowest BCUT2D eigenvalue weighted by Crippen LogP contribution is -2.24. The van der Waals surface area contributed by atoms with Gasteiger partial charge in [0.05, 0.1) is 7.11 Å². The standard InChI is InChI=1S/C23H25N3O2/c1-26(2)16-17-8-6-10-18(14-17)20-11-7-13-24-22(20)23(27)25-15-19-9-4-5-12-21(19)28-3/h4-14H,15-16H2,1-3H3,(H,25,27). The number of pyridine rings is 1. The van der Waals surface area contributed by atoms with Gasteiger partial charge in [0.25, 0.3) is 5.91 Å². The van der Waals surface area contributed by atoms with Gasteiger partial charge in [-0.15, -0.1) is 0 Å². The van der Waals surface area contributed by atoms with E-state index in [-0.39, 0.29) is 5.91 Å². The molecule has 1 N–H and O–H groups in total. The van der Waals surface area contributed by atoms with Crippen molar-refractivity contribution < 1.29 is 9.53 Å². The molecule has 0 bridgehead atoms. The lowest BCUT2D eigenvalue weighted by atomic mass is 10.0. The van der Waals surface area contributed by atoms with Crippen LogP contribution < -0.4 is 10.1 Å². The summed E-state index contributed by atoms with van der Waals surface area (Å²) in [6, 6.07) is 19.6. The Morgan fingerprint density at radius 3 is 2.68 bits per heavy atom. The molecular weight excluding hydrogens is 350 g/mol. The zero-order valence-corrected chi connectivity index (χ0v) is 16.5. The van der Waals surface area contributed by atoms with Gasteiger partial charge in [0.2, 0.25) is 0 Å². The summed E-state index contributed by atoms with van der Waals surface area (Å²) in [7, 11) is 5.69. The van der Waals surface area contributed by atoms with Crippen molar-refractivity contribution in [3.05, 3.63) is 83.7 Å². The van der Waals surface area contributed by atoms with Crippen LogP contribution in [0.4, 0.5) is 0 Å². The Kier molecular flexibility index (Phi) is 6.40. The molecular formula is C23H25N3O2. The Morgan fingerprint density at radius 2 is 1.89 bits per heavy atom. The minimum absolute atomic E-state index is 0.209. The molecule has 0 saturated heterocycles. The van der Waals surface area contributed by atoms with E-state index in [1.807, 2.05) is 62.6 Å². The second-order valence-corrected chi connectivity index (χ2v) is 6.83. The van der Waals surface area contributed by atoms with E-state index >= 15 is 0 Å². The van der Waals surface area contributed by atoms with Crippen LogP contribution in [-0.4, -0.2) is 37.0 Å². The summed E-state index contributed by atoms with van der Waals surface area (Å²) < 4.78 is 5.35. The fraction of sp³-hybridized carbons (Fsp3) is 0.217. The van der Waals surface area contributed by atoms with Crippen molar-refractivity contribution in [2.24, 2.45) is 0 Å². The van der Waals surface area contributed by atoms with Crippen LogP contribution in [0.5, 0.6) is 5.75 Å². The molecule has 3 rings (SSSR count). The highest BCUT2D eigenvalue weighted by atomic mass is 16.5. The Bertz CT molecular complexity index is 954. The van der Waals surface area contributed by atoms with Crippen molar-refractivity contribution in [1.82, 2.24) is 15.2 Å². The second-order valence-electron chi connectivity index (χ2n) is 6.83. The maximum absolute atomic E-state index is 12.9. The minimum Gasteiger partial charge on any atom is -0.496 e. The first-order valence-electron chi connectivity index (χ1n) is 9.17. The number of para-hydroxylation sites is 1. The molecule has 5 nitrogen and oxygen atoms in total. The number of benzene rings is 2. The van der Waals surface area contributed by atoms with E-state index in [2.05, 4.69) is 27.3 Å². The highest BCUT2D eigenvalue weighted by Crippen LogP contribution is 2.24. The molecule has 0 aliphatic rings. The molecule has 0 fully saturated rings. The number of amides is 1. The maximum Gasteiger partial charge on any atom is 0.270 e. The average molecular weight is 375 g/mol. The molecule has 3 aromatic rings. The van der Waals surface area contributed by atoms with Crippen LogP contribution >= 0.6 is 0 Å². The van der Waals surface area contributed by atoms with Crippen LogP contribution in [0.2, 0.25) is 0 Å². The van der Waals surface area contributed by atoms with E-state index in [1.54, 1.807) is 13.3 Å². The van der Waals surface area contributed by atoms with E-state index < -0.39 is 0 Å². The number of rotatable bonds is 7. The van der Waals surface area contributed by atoms with Crippen molar-refractivity contribution >= 4 is 5.91 Å². The zero-order valence-electron chi connectivity index (χ0n) is 16.5. The van der Waals surface area contributed by atoms with Gasteiger partial charge in [-0.2, -0.15) is 0 Å². The fourth-order valence-electron chi connectivity index (χ4n) is 3.13. The second kappa shape index (κ2) is 9.15. The lowest BCUT2D eigenvalue weighted by Gasteiger charge is -2.13. The Hall–Kier alpha value is -3.18. The smallest absolute Gasteiger partial charge is 0.270 e. The first-order chi connectivity index (χ1) is 13.6. The third kappa shape index (κ3) is 4.75. The van der Waals surface area contributed by atoms with Gasteiger partial charge in [-0.25, -0.2) is 0 Å². The summed E-state index contributed by atoms with van der Waals surface area (Å²) in [5.41, 5.74) is 4.32. The van der Waals surface area contributed by atoms with Gasteiger partial charge in [0.1, 0.15) is 11.4 Å². The van der Waals surface area contributed by atoms with E-state index in [4.69, 9.17) is 4.74 Å². The lowest BCUT2D eigenvalue weighted by molar-refractivity contribution is 0.0946. The Balaban J connectivity index is 1.83. The van der Waals surface area contributed by atoms with Gasteiger partial charge in [0.15, 0.2) is 0 Å². The molecule has 2 aromatic carbocycles. The molecule has 0 atom stereocenters. The van der Waals surface area contributed by atoms with E-state index in [0.29, 0.717) is 12.2 Å². The largest absolute Gasteiger partial charge is 0.496 e. The minimum atomic E-state index is -0.209. The Labute approximate surface area is 166 Å². The van der Waals surface area contributed by atoms with Crippen LogP contribution in [0.25, 0.3) is 11.1 Å². The quantitative estimate of drug-likeness (QED) is 0.683. The summed E-state index contributed by atoms with van der Waals surface area (Å²) in [6.45, 7) is 1.21. The molecule has 0 spiro atoms. The molecule has 0 unspecified atom stereocenters. The normalized spacial score (nSPS) is 10.7. The van der Waals surface area contributed by atoms with Crippen molar-refractivity contribution in [2.75, 3.05) is 21.2 Å². The van der Waals surface area contributed by atoms with Crippen LogP contribution in [0, 0.1) is 0 Å². The van der Waals surface area contributed by atoms with Crippen LogP contribution in [0.15, 0.2) is 66.9 Å². The number of methoxy groups -OCH3 is 1. The summed E-state index contributed by atoms with van der Waals surface area (Å²) in [5, 5.41) is 2.96. The molecule has 0 saturated carbocycles. The molecule has 5 heteroatoms. The van der Waals surface area contributed by atoms with Gasteiger partial charge in [0, 0.05) is 30.4 Å². The van der Waals surface area contributed by atoms with E-state index in [1.165, 1.54) is 5.56 Å².